The van der Waals surface area contributed by atoms with Crippen molar-refractivity contribution in [3.05, 3.63) is 46.8 Å². The predicted molar refractivity (Wildman–Crippen MR) is 81.7 cm³/mol. The minimum atomic E-state index is -0.508. The molecule has 3 rings (SSSR count). The summed E-state index contributed by atoms with van der Waals surface area (Å²) in [6.07, 6.45) is 4.79. The van der Waals surface area contributed by atoms with E-state index in [1.165, 1.54) is 6.07 Å². The third-order valence-corrected chi connectivity index (χ3v) is 4.62. The van der Waals surface area contributed by atoms with Gasteiger partial charge in [-0.25, -0.2) is 8.78 Å². The van der Waals surface area contributed by atoms with Gasteiger partial charge >= 0.3 is 0 Å². The Balaban J connectivity index is 1.84. The summed E-state index contributed by atoms with van der Waals surface area (Å²) in [5.41, 5.74) is 8.08. The Labute approximate surface area is 128 Å². The highest BCUT2D eigenvalue weighted by molar-refractivity contribution is 7.80. The van der Waals surface area contributed by atoms with Crippen LogP contribution in [0.4, 0.5) is 8.78 Å². The molecule has 6 heteroatoms. The standard InChI is InChI=1S/C15H19F2N3S/c16-10-5-9-6-11(1-2-13(9)14(17)7-10)20-12(3-4-18)8-19-15(20)21/h5,7-8,11,15,19,21H,1-4,6,18H2/t11-,15?/m0/s1. The minimum Gasteiger partial charge on any atom is -0.361 e. The third kappa shape index (κ3) is 2.74. The Kier molecular flexibility index (Phi) is 4.08. The third-order valence-electron chi connectivity index (χ3n) is 4.22. The summed E-state index contributed by atoms with van der Waals surface area (Å²) >= 11 is 4.53. The van der Waals surface area contributed by atoms with E-state index in [1.807, 2.05) is 6.20 Å². The number of benzene rings is 1. The molecule has 1 aromatic rings. The highest BCUT2D eigenvalue weighted by Crippen LogP contribution is 2.32. The fourth-order valence-corrected chi connectivity index (χ4v) is 3.70. The molecule has 0 bridgehead atoms. The van der Waals surface area contributed by atoms with Crippen molar-refractivity contribution >= 4 is 12.6 Å². The molecule has 3 nitrogen and oxygen atoms in total. The van der Waals surface area contributed by atoms with Gasteiger partial charge in [0.25, 0.3) is 0 Å². The quantitative estimate of drug-likeness (QED) is 0.749. The van der Waals surface area contributed by atoms with Crippen LogP contribution in [0.2, 0.25) is 0 Å². The zero-order valence-corrected chi connectivity index (χ0v) is 12.5. The lowest BCUT2D eigenvalue weighted by molar-refractivity contribution is 0.219. The van der Waals surface area contributed by atoms with Gasteiger partial charge in [0, 0.05) is 30.4 Å². The van der Waals surface area contributed by atoms with Crippen molar-refractivity contribution in [1.82, 2.24) is 10.2 Å². The van der Waals surface area contributed by atoms with Crippen LogP contribution >= 0.6 is 12.6 Å². The van der Waals surface area contributed by atoms with Gasteiger partial charge in [-0.05, 0) is 43.0 Å². The van der Waals surface area contributed by atoms with E-state index in [9.17, 15) is 8.78 Å². The highest BCUT2D eigenvalue weighted by atomic mass is 32.1. The highest BCUT2D eigenvalue weighted by Gasteiger charge is 2.32. The number of thiol groups is 1. The van der Waals surface area contributed by atoms with E-state index < -0.39 is 11.6 Å². The molecule has 21 heavy (non-hydrogen) atoms. The van der Waals surface area contributed by atoms with Crippen molar-refractivity contribution in [3.63, 3.8) is 0 Å². The second kappa shape index (κ2) is 5.85. The minimum absolute atomic E-state index is 0.100. The Hall–Kier alpha value is -1.27. The van der Waals surface area contributed by atoms with E-state index in [-0.39, 0.29) is 11.5 Å². The van der Waals surface area contributed by atoms with Gasteiger partial charge < -0.3 is 16.0 Å². The fourth-order valence-electron chi connectivity index (χ4n) is 3.29. The van der Waals surface area contributed by atoms with E-state index in [1.54, 1.807) is 0 Å². The summed E-state index contributed by atoms with van der Waals surface area (Å²) < 4.78 is 27.2. The molecule has 0 saturated carbocycles. The average Bonchev–Trinajstić information content (AvgIpc) is 2.79. The topological polar surface area (TPSA) is 41.3 Å². The molecule has 0 aromatic heterocycles. The smallest absolute Gasteiger partial charge is 0.145 e. The van der Waals surface area contributed by atoms with E-state index >= 15 is 0 Å². The van der Waals surface area contributed by atoms with E-state index in [0.717, 1.165) is 30.2 Å². The second-order valence-electron chi connectivity index (χ2n) is 5.54. The molecule has 0 radical (unpaired) electrons. The molecule has 1 aromatic carbocycles. The van der Waals surface area contributed by atoms with Crippen LogP contribution in [-0.4, -0.2) is 23.0 Å². The SMILES string of the molecule is NCCC1=CNC(S)N1[C@H]1CCc2c(F)cc(F)cc2C1. The van der Waals surface area contributed by atoms with Crippen molar-refractivity contribution in [3.8, 4) is 0 Å². The lowest BCUT2D eigenvalue weighted by atomic mass is 9.87. The summed E-state index contributed by atoms with van der Waals surface area (Å²) in [4.78, 5) is 2.18. The normalized spacial score (nSPS) is 24.6. The second-order valence-corrected chi connectivity index (χ2v) is 6.03. The molecule has 2 atom stereocenters. The molecular formula is C15H19F2N3S. The molecular weight excluding hydrogens is 292 g/mol. The lowest BCUT2D eigenvalue weighted by Gasteiger charge is -2.37. The molecule has 1 heterocycles. The Morgan fingerprint density at radius 1 is 1.38 bits per heavy atom. The van der Waals surface area contributed by atoms with Crippen LogP contribution in [0.5, 0.6) is 0 Å². The maximum absolute atomic E-state index is 13.8. The molecule has 0 saturated heterocycles. The number of fused-ring (bicyclic) bond motifs is 1. The summed E-state index contributed by atoms with van der Waals surface area (Å²) in [6.45, 7) is 0.567. The zero-order valence-electron chi connectivity index (χ0n) is 11.6. The molecule has 0 fully saturated rings. The van der Waals surface area contributed by atoms with Crippen molar-refractivity contribution in [2.75, 3.05) is 6.54 Å². The van der Waals surface area contributed by atoms with Crippen molar-refractivity contribution in [1.29, 1.82) is 0 Å². The molecule has 1 unspecified atom stereocenters. The van der Waals surface area contributed by atoms with Crippen LogP contribution in [0, 0.1) is 11.6 Å². The van der Waals surface area contributed by atoms with Gasteiger partial charge in [-0.1, -0.05) is 0 Å². The van der Waals surface area contributed by atoms with Crippen LogP contribution in [0.1, 0.15) is 24.0 Å². The Morgan fingerprint density at radius 3 is 2.95 bits per heavy atom. The summed E-state index contributed by atoms with van der Waals surface area (Å²) in [5, 5.41) is 3.17. The van der Waals surface area contributed by atoms with Gasteiger partial charge in [-0.2, -0.15) is 0 Å². The molecule has 114 valence electrons. The van der Waals surface area contributed by atoms with Gasteiger partial charge in [-0.15, -0.1) is 12.6 Å². The van der Waals surface area contributed by atoms with Crippen molar-refractivity contribution in [2.45, 2.75) is 37.2 Å². The first kappa shape index (κ1) is 14.7. The van der Waals surface area contributed by atoms with Gasteiger partial charge in [-0.3, -0.25) is 0 Å². The molecule has 1 aliphatic carbocycles. The monoisotopic (exact) mass is 311 g/mol. The van der Waals surface area contributed by atoms with Gasteiger partial charge in [0.05, 0.1) is 0 Å². The summed E-state index contributed by atoms with van der Waals surface area (Å²) in [6, 6.07) is 2.61. The average molecular weight is 311 g/mol. The van der Waals surface area contributed by atoms with Crippen LogP contribution in [0.3, 0.4) is 0 Å². The predicted octanol–water partition coefficient (Wildman–Crippen LogP) is 2.13. The molecule has 3 N–H and O–H groups in total. The first-order valence-corrected chi connectivity index (χ1v) is 7.70. The number of hydrogen-bond donors (Lipinski definition) is 3. The number of nitrogens with zero attached hydrogens (tertiary/aromatic N) is 1. The number of rotatable bonds is 3. The molecule has 1 aliphatic heterocycles. The van der Waals surface area contributed by atoms with E-state index in [2.05, 4.69) is 22.8 Å². The summed E-state index contributed by atoms with van der Waals surface area (Å²) in [5.74, 6) is -0.935. The van der Waals surface area contributed by atoms with Crippen LogP contribution < -0.4 is 11.1 Å². The van der Waals surface area contributed by atoms with Crippen LogP contribution in [0.15, 0.2) is 24.0 Å². The number of nitrogens with two attached hydrogens (primary N) is 1. The first-order valence-electron chi connectivity index (χ1n) is 7.18. The number of nitrogens with one attached hydrogen (secondary N) is 1. The van der Waals surface area contributed by atoms with Crippen molar-refractivity contribution < 1.29 is 8.78 Å². The first-order chi connectivity index (χ1) is 10.1. The maximum atomic E-state index is 13.8. The lowest BCUT2D eigenvalue weighted by Crippen LogP contribution is -2.43. The maximum Gasteiger partial charge on any atom is 0.145 e. The van der Waals surface area contributed by atoms with Gasteiger partial charge in [0.1, 0.15) is 17.1 Å². The Bertz CT molecular complexity index is 576. The van der Waals surface area contributed by atoms with E-state index in [0.29, 0.717) is 24.9 Å². The van der Waals surface area contributed by atoms with Gasteiger partial charge in [0.2, 0.25) is 0 Å². The molecule has 0 spiro atoms. The van der Waals surface area contributed by atoms with Crippen LogP contribution in [-0.2, 0) is 12.8 Å². The fraction of sp³-hybridized carbons (Fsp3) is 0.467. The zero-order chi connectivity index (χ0) is 15.0. The Morgan fingerprint density at radius 2 is 2.19 bits per heavy atom. The number of halogens is 2. The molecule has 0 amide bonds. The largest absolute Gasteiger partial charge is 0.361 e. The number of hydrogen-bond acceptors (Lipinski definition) is 4. The van der Waals surface area contributed by atoms with E-state index in [4.69, 9.17) is 5.73 Å². The van der Waals surface area contributed by atoms with Gasteiger partial charge in [0.15, 0.2) is 0 Å². The van der Waals surface area contributed by atoms with Crippen LogP contribution in [0.25, 0.3) is 0 Å². The molecule has 2 aliphatic rings. The van der Waals surface area contributed by atoms with Crippen molar-refractivity contribution in [2.24, 2.45) is 5.73 Å². The summed E-state index contributed by atoms with van der Waals surface area (Å²) in [7, 11) is 0.